The van der Waals surface area contributed by atoms with E-state index in [4.69, 9.17) is 9.47 Å². The summed E-state index contributed by atoms with van der Waals surface area (Å²) in [4.78, 5) is 39.0. The second kappa shape index (κ2) is 8.46. The maximum absolute atomic E-state index is 13.5. The van der Waals surface area contributed by atoms with Crippen molar-refractivity contribution >= 4 is 17.7 Å². The molecule has 0 saturated heterocycles. The SMILES string of the molecule is COC(=O)[C@H]1C(=O)C2=C(C[C@H]1C)NC(C)=C(C(=O)OC(C)C)[C@@H]2c1ccc(C)cc1. The molecule has 2 aliphatic rings. The fraction of sp³-hybridized carbons (Fsp3) is 0.458. The molecule has 1 aliphatic carbocycles. The Bertz CT molecular complexity index is 939. The van der Waals surface area contributed by atoms with Gasteiger partial charge in [0.15, 0.2) is 5.78 Å². The molecule has 0 bridgehead atoms. The summed E-state index contributed by atoms with van der Waals surface area (Å²) in [7, 11) is 1.29. The zero-order chi connectivity index (χ0) is 22.2. The first kappa shape index (κ1) is 21.8. The number of benzene rings is 1. The predicted octanol–water partition coefficient (Wildman–Crippen LogP) is 3.56. The van der Waals surface area contributed by atoms with Gasteiger partial charge in [-0.25, -0.2) is 4.79 Å². The number of hydrogen-bond acceptors (Lipinski definition) is 6. The smallest absolute Gasteiger partial charge is 0.337 e. The quantitative estimate of drug-likeness (QED) is 0.603. The number of carbonyl (C=O) groups excluding carboxylic acids is 3. The van der Waals surface area contributed by atoms with Crippen LogP contribution in [0.1, 0.15) is 51.2 Å². The number of rotatable bonds is 4. The second-order valence-electron chi connectivity index (χ2n) is 8.40. The molecule has 0 saturated carbocycles. The van der Waals surface area contributed by atoms with Crippen LogP contribution in [-0.2, 0) is 23.9 Å². The summed E-state index contributed by atoms with van der Waals surface area (Å²) in [6, 6.07) is 7.74. The molecule has 30 heavy (non-hydrogen) atoms. The van der Waals surface area contributed by atoms with E-state index in [1.807, 2.05) is 45.0 Å². The molecule has 1 aromatic rings. The minimum absolute atomic E-state index is 0.202. The highest BCUT2D eigenvalue weighted by Gasteiger charge is 2.47. The summed E-state index contributed by atoms with van der Waals surface area (Å²) in [5, 5.41) is 3.26. The Morgan fingerprint density at radius 1 is 1.13 bits per heavy atom. The van der Waals surface area contributed by atoms with E-state index >= 15 is 0 Å². The number of nitrogens with one attached hydrogen (secondary N) is 1. The number of esters is 2. The van der Waals surface area contributed by atoms with Gasteiger partial charge in [-0.1, -0.05) is 36.8 Å². The van der Waals surface area contributed by atoms with E-state index in [-0.39, 0.29) is 17.8 Å². The number of ether oxygens (including phenoxy) is 2. The highest BCUT2D eigenvalue weighted by Crippen LogP contribution is 2.45. The van der Waals surface area contributed by atoms with Crippen LogP contribution in [0.3, 0.4) is 0 Å². The number of methoxy groups -OCH3 is 1. The Hall–Kier alpha value is -2.89. The van der Waals surface area contributed by atoms with Crippen molar-refractivity contribution in [3.05, 3.63) is 57.9 Å². The van der Waals surface area contributed by atoms with Gasteiger partial charge in [0.1, 0.15) is 5.92 Å². The van der Waals surface area contributed by atoms with Gasteiger partial charge in [-0.2, -0.15) is 0 Å². The lowest BCUT2D eigenvalue weighted by Gasteiger charge is -2.38. The summed E-state index contributed by atoms with van der Waals surface area (Å²) in [5.74, 6) is -2.99. The van der Waals surface area contributed by atoms with Crippen molar-refractivity contribution in [3.8, 4) is 0 Å². The fourth-order valence-electron chi connectivity index (χ4n) is 4.32. The molecule has 1 N–H and O–H groups in total. The number of dihydropyridines is 1. The summed E-state index contributed by atoms with van der Waals surface area (Å²) >= 11 is 0. The van der Waals surface area contributed by atoms with Crippen molar-refractivity contribution in [2.45, 2.75) is 53.1 Å². The van der Waals surface area contributed by atoms with Crippen LogP contribution < -0.4 is 5.32 Å². The van der Waals surface area contributed by atoms with E-state index in [0.29, 0.717) is 23.3 Å². The van der Waals surface area contributed by atoms with Crippen LogP contribution >= 0.6 is 0 Å². The monoisotopic (exact) mass is 411 g/mol. The Kier molecular flexibility index (Phi) is 6.15. The Balaban J connectivity index is 2.17. The number of aryl methyl sites for hydroxylation is 1. The van der Waals surface area contributed by atoms with Crippen LogP contribution in [0.5, 0.6) is 0 Å². The number of Topliss-reactive ketones (excluding diaryl/α,β-unsaturated/α-hetero) is 1. The maximum atomic E-state index is 13.5. The van der Waals surface area contributed by atoms with Crippen LogP contribution in [-0.4, -0.2) is 30.9 Å². The van der Waals surface area contributed by atoms with Crippen LogP contribution in [0, 0.1) is 18.8 Å². The third-order valence-electron chi connectivity index (χ3n) is 5.72. The average molecular weight is 411 g/mol. The largest absolute Gasteiger partial charge is 0.468 e. The van der Waals surface area contributed by atoms with Crippen LogP contribution in [0.2, 0.25) is 0 Å². The average Bonchev–Trinajstić information content (AvgIpc) is 2.66. The highest BCUT2D eigenvalue weighted by atomic mass is 16.5. The van der Waals surface area contributed by atoms with Gasteiger partial charge >= 0.3 is 11.9 Å². The van der Waals surface area contributed by atoms with Gasteiger partial charge in [0.25, 0.3) is 0 Å². The van der Waals surface area contributed by atoms with Crippen molar-refractivity contribution in [2.24, 2.45) is 11.8 Å². The number of hydrogen-bond donors (Lipinski definition) is 1. The standard InChI is InChI=1S/C24H29NO5/c1-12(2)30-24(28)19-15(5)25-17-11-14(4)18(23(27)29-6)22(26)21(17)20(19)16-9-7-13(3)8-10-16/h7-10,12,14,18,20,25H,11H2,1-6H3/t14-,18-,20+/m1/s1. The van der Waals surface area contributed by atoms with Gasteiger partial charge in [0.05, 0.1) is 18.8 Å². The zero-order valence-electron chi connectivity index (χ0n) is 18.4. The molecule has 6 heteroatoms. The van der Waals surface area contributed by atoms with Gasteiger partial charge in [-0.3, -0.25) is 9.59 Å². The van der Waals surface area contributed by atoms with Crippen molar-refractivity contribution in [1.29, 1.82) is 0 Å². The third-order valence-corrected chi connectivity index (χ3v) is 5.72. The topological polar surface area (TPSA) is 81.7 Å². The molecule has 0 spiro atoms. The first-order chi connectivity index (χ1) is 14.1. The molecule has 0 fully saturated rings. The molecule has 0 radical (unpaired) electrons. The fourth-order valence-corrected chi connectivity index (χ4v) is 4.32. The van der Waals surface area contributed by atoms with Gasteiger partial charge in [-0.15, -0.1) is 0 Å². The minimum atomic E-state index is -0.885. The summed E-state index contributed by atoms with van der Waals surface area (Å²) in [5.41, 5.74) is 4.17. The first-order valence-electron chi connectivity index (χ1n) is 10.3. The van der Waals surface area contributed by atoms with Crippen LogP contribution in [0.15, 0.2) is 46.8 Å². The summed E-state index contributed by atoms with van der Waals surface area (Å²) in [6.45, 7) is 9.25. The molecule has 1 heterocycles. The molecule has 1 aliphatic heterocycles. The molecule has 0 amide bonds. The molecule has 0 unspecified atom stereocenters. The van der Waals surface area contributed by atoms with Gasteiger partial charge in [-0.05, 0) is 45.6 Å². The summed E-state index contributed by atoms with van der Waals surface area (Å²) in [6.07, 6.45) is 0.226. The van der Waals surface area contributed by atoms with Crippen LogP contribution in [0.4, 0.5) is 0 Å². The van der Waals surface area contributed by atoms with E-state index in [1.54, 1.807) is 13.8 Å². The van der Waals surface area contributed by atoms with Crippen molar-refractivity contribution < 1.29 is 23.9 Å². The normalized spacial score (nSPS) is 23.8. The first-order valence-corrected chi connectivity index (χ1v) is 10.3. The molecule has 1 aromatic carbocycles. The molecule has 0 aromatic heterocycles. The van der Waals surface area contributed by atoms with E-state index in [1.165, 1.54) is 7.11 Å². The highest BCUT2D eigenvalue weighted by molar-refractivity contribution is 6.12. The van der Waals surface area contributed by atoms with Crippen molar-refractivity contribution in [2.75, 3.05) is 7.11 Å². The Labute approximate surface area is 177 Å². The van der Waals surface area contributed by atoms with E-state index in [9.17, 15) is 14.4 Å². The molecule has 6 nitrogen and oxygen atoms in total. The Morgan fingerprint density at radius 3 is 2.33 bits per heavy atom. The third kappa shape index (κ3) is 3.91. The van der Waals surface area contributed by atoms with Gasteiger partial charge < -0.3 is 14.8 Å². The lowest BCUT2D eigenvalue weighted by Crippen LogP contribution is -2.43. The molecular weight excluding hydrogens is 382 g/mol. The Morgan fingerprint density at radius 2 is 1.77 bits per heavy atom. The second-order valence-corrected chi connectivity index (χ2v) is 8.40. The van der Waals surface area contributed by atoms with Crippen LogP contribution in [0.25, 0.3) is 0 Å². The van der Waals surface area contributed by atoms with Crippen molar-refractivity contribution in [3.63, 3.8) is 0 Å². The molecule has 3 rings (SSSR count). The number of carbonyl (C=O) groups is 3. The maximum Gasteiger partial charge on any atom is 0.337 e. The minimum Gasteiger partial charge on any atom is -0.468 e. The summed E-state index contributed by atoms with van der Waals surface area (Å²) < 4.78 is 10.4. The number of ketones is 1. The zero-order valence-corrected chi connectivity index (χ0v) is 18.4. The molecule has 160 valence electrons. The van der Waals surface area contributed by atoms with E-state index in [2.05, 4.69) is 5.32 Å². The molecule has 3 atom stereocenters. The van der Waals surface area contributed by atoms with E-state index in [0.717, 1.165) is 16.8 Å². The van der Waals surface area contributed by atoms with E-state index < -0.39 is 23.8 Å². The van der Waals surface area contributed by atoms with Crippen molar-refractivity contribution in [1.82, 2.24) is 5.32 Å². The number of allylic oxidation sites excluding steroid dienone is 3. The van der Waals surface area contributed by atoms with Gasteiger partial charge in [0, 0.05) is 22.9 Å². The lowest BCUT2D eigenvalue weighted by atomic mass is 9.69. The lowest BCUT2D eigenvalue weighted by molar-refractivity contribution is -0.151. The molecular formula is C24H29NO5. The van der Waals surface area contributed by atoms with Gasteiger partial charge in [0.2, 0.25) is 0 Å². The predicted molar refractivity (Wildman–Crippen MR) is 112 cm³/mol.